The predicted molar refractivity (Wildman–Crippen MR) is 91.6 cm³/mol. The van der Waals surface area contributed by atoms with Crippen molar-refractivity contribution in [3.63, 3.8) is 0 Å². The van der Waals surface area contributed by atoms with E-state index in [1.807, 2.05) is 23.6 Å². The number of imidazole rings is 1. The molecule has 0 radical (unpaired) electrons. The molecule has 1 atom stereocenters. The molecule has 0 aliphatic heterocycles. The highest BCUT2D eigenvalue weighted by molar-refractivity contribution is 7.13. The average molecular weight is 330 g/mol. The van der Waals surface area contributed by atoms with Gasteiger partial charge in [-0.15, -0.1) is 0 Å². The van der Waals surface area contributed by atoms with Gasteiger partial charge in [-0.1, -0.05) is 23.5 Å². The summed E-state index contributed by atoms with van der Waals surface area (Å²) in [5.74, 6) is 0.985. The molecule has 1 aromatic carbocycles. The maximum absolute atomic E-state index is 10.7. The van der Waals surface area contributed by atoms with Gasteiger partial charge in [0, 0.05) is 24.5 Å². The summed E-state index contributed by atoms with van der Waals surface area (Å²) in [6.45, 7) is 5.60. The summed E-state index contributed by atoms with van der Waals surface area (Å²) in [5, 5.41) is 16.1. The van der Waals surface area contributed by atoms with Crippen LogP contribution in [0.3, 0.4) is 0 Å². The normalized spacial score (nSPS) is 12.6. The lowest BCUT2D eigenvalue weighted by Crippen LogP contribution is -2.21. The molecule has 120 valence electrons. The Morgan fingerprint density at radius 3 is 2.91 bits per heavy atom. The molecule has 0 spiro atoms. The van der Waals surface area contributed by atoms with Crippen LogP contribution in [-0.2, 0) is 13.1 Å². The molecule has 0 fully saturated rings. The number of nitrogens with one attached hydrogen (secondary N) is 1. The van der Waals surface area contributed by atoms with E-state index < -0.39 is 0 Å². The van der Waals surface area contributed by atoms with E-state index in [4.69, 9.17) is 4.98 Å². The van der Waals surface area contributed by atoms with Crippen molar-refractivity contribution < 1.29 is 4.92 Å². The zero-order valence-corrected chi connectivity index (χ0v) is 13.8. The summed E-state index contributed by atoms with van der Waals surface area (Å²) in [4.78, 5) is 15.1. The van der Waals surface area contributed by atoms with Gasteiger partial charge in [-0.3, -0.25) is 10.1 Å². The molecule has 3 aromatic rings. The molecule has 7 heteroatoms. The highest BCUT2D eigenvalue weighted by Gasteiger charge is 2.16. The fourth-order valence-corrected chi connectivity index (χ4v) is 3.40. The van der Waals surface area contributed by atoms with Crippen LogP contribution in [0.15, 0.2) is 35.7 Å². The first-order valence-electron chi connectivity index (χ1n) is 7.50. The molecule has 2 aromatic heterocycles. The van der Waals surface area contributed by atoms with E-state index in [9.17, 15) is 10.1 Å². The van der Waals surface area contributed by atoms with Crippen LogP contribution in [0.4, 0.5) is 5.00 Å². The molecular weight excluding hydrogens is 312 g/mol. The molecule has 0 saturated carbocycles. The number of thiophene rings is 1. The Kier molecular flexibility index (Phi) is 4.40. The van der Waals surface area contributed by atoms with Crippen molar-refractivity contribution >= 4 is 27.4 Å². The van der Waals surface area contributed by atoms with Crippen LogP contribution in [0.25, 0.3) is 11.0 Å². The molecule has 0 amide bonds. The first-order chi connectivity index (χ1) is 11.1. The number of nitrogens with zero attached hydrogens (tertiary/aromatic N) is 3. The Hall–Kier alpha value is -2.25. The fraction of sp³-hybridized carbons (Fsp3) is 0.312. The van der Waals surface area contributed by atoms with Gasteiger partial charge in [-0.25, -0.2) is 4.98 Å². The van der Waals surface area contributed by atoms with Gasteiger partial charge in [0.15, 0.2) is 0 Å². The topological polar surface area (TPSA) is 73.0 Å². The second-order valence-electron chi connectivity index (χ2n) is 5.36. The maximum atomic E-state index is 10.7. The lowest BCUT2D eigenvalue weighted by Gasteiger charge is -2.14. The Balaban J connectivity index is 1.77. The van der Waals surface area contributed by atoms with E-state index in [-0.39, 0.29) is 16.0 Å². The highest BCUT2D eigenvalue weighted by atomic mass is 32.1. The van der Waals surface area contributed by atoms with Crippen molar-refractivity contribution in [1.82, 2.24) is 14.9 Å². The van der Waals surface area contributed by atoms with Crippen molar-refractivity contribution in [2.75, 3.05) is 0 Å². The quantitative estimate of drug-likeness (QED) is 0.550. The van der Waals surface area contributed by atoms with Gasteiger partial charge >= 0.3 is 5.00 Å². The van der Waals surface area contributed by atoms with Gasteiger partial charge in [0.25, 0.3) is 0 Å². The highest BCUT2D eigenvalue weighted by Crippen LogP contribution is 2.24. The van der Waals surface area contributed by atoms with E-state index in [0.29, 0.717) is 6.54 Å². The van der Waals surface area contributed by atoms with Crippen molar-refractivity contribution in [2.24, 2.45) is 0 Å². The Morgan fingerprint density at radius 2 is 2.22 bits per heavy atom. The summed E-state index contributed by atoms with van der Waals surface area (Å²) < 4.78 is 2.20. The SMILES string of the molecule is CCn1c(C(C)NCc2csc([N+](=O)[O-])c2)nc2ccccc21. The van der Waals surface area contributed by atoms with Crippen LogP contribution in [0.1, 0.15) is 31.3 Å². The minimum atomic E-state index is -0.353. The summed E-state index contributed by atoms with van der Waals surface area (Å²) in [6, 6.07) is 9.77. The Labute approximate surface area is 137 Å². The van der Waals surface area contributed by atoms with Gasteiger partial charge in [0.2, 0.25) is 0 Å². The summed E-state index contributed by atoms with van der Waals surface area (Å²) in [7, 11) is 0. The molecule has 0 aliphatic carbocycles. The van der Waals surface area contributed by atoms with E-state index in [0.717, 1.165) is 40.3 Å². The third kappa shape index (κ3) is 3.11. The van der Waals surface area contributed by atoms with Gasteiger partial charge in [0.05, 0.1) is 22.0 Å². The van der Waals surface area contributed by atoms with Crippen molar-refractivity contribution in [1.29, 1.82) is 0 Å². The first-order valence-corrected chi connectivity index (χ1v) is 8.38. The number of nitro groups is 1. The van der Waals surface area contributed by atoms with E-state index >= 15 is 0 Å². The molecule has 0 aliphatic rings. The van der Waals surface area contributed by atoms with Crippen LogP contribution in [-0.4, -0.2) is 14.5 Å². The van der Waals surface area contributed by atoms with Crippen LogP contribution in [0.2, 0.25) is 0 Å². The van der Waals surface area contributed by atoms with Gasteiger partial charge in [-0.2, -0.15) is 0 Å². The number of hydrogen-bond acceptors (Lipinski definition) is 5. The second-order valence-corrected chi connectivity index (χ2v) is 6.25. The molecule has 1 N–H and O–H groups in total. The Bertz CT molecular complexity index is 840. The fourth-order valence-electron chi connectivity index (χ4n) is 2.67. The van der Waals surface area contributed by atoms with Crippen LogP contribution in [0, 0.1) is 10.1 Å². The molecule has 1 unspecified atom stereocenters. The minimum Gasteiger partial charge on any atom is -0.327 e. The summed E-state index contributed by atoms with van der Waals surface area (Å²) >= 11 is 1.16. The largest absolute Gasteiger partial charge is 0.327 e. The number of fused-ring (bicyclic) bond motifs is 1. The lowest BCUT2D eigenvalue weighted by molar-refractivity contribution is -0.380. The molecule has 2 heterocycles. The summed E-state index contributed by atoms with van der Waals surface area (Å²) in [6.07, 6.45) is 0. The van der Waals surface area contributed by atoms with Crippen molar-refractivity contribution in [3.8, 4) is 0 Å². The molecule has 0 saturated heterocycles. The molecule has 3 rings (SSSR count). The molecule has 23 heavy (non-hydrogen) atoms. The standard InChI is InChI=1S/C16H18N4O2S/c1-3-19-14-7-5-4-6-13(14)18-16(19)11(2)17-9-12-8-15(20(21)22)23-10-12/h4-8,10-11,17H,3,9H2,1-2H3. The van der Waals surface area contributed by atoms with Crippen molar-refractivity contribution in [2.45, 2.75) is 33.0 Å². The van der Waals surface area contributed by atoms with Crippen molar-refractivity contribution in [3.05, 3.63) is 57.2 Å². The Morgan fingerprint density at radius 1 is 1.43 bits per heavy atom. The number of hydrogen-bond donors (Lipinski definition) is 1. The third-order valence-corrected chi connectivity index (χ3v) is 4.75. The summed E-state index contributed by atoms with van der Waals surface area (Å²) in [5.41, 5.74) is 3.04. The maximum Gasteiger partial charge on any atom is 0.324 e. The number of benzene rings is 1. The van der Waals surface area contributed by atoms with Gasteiger partial charge in [0.1, 0.15) is 5.82 Å². The molecule has 0 bridgehead atoms. The number of para-hydroxylation sites is 2. The number of aryl methyl sites for hydroxylation is 1. The second kappa shape index (κ2) is 6.47. The van der Waals surface area contributed by atoms with Gasteiger partial charge < -0.3 is 9.88 Å². The van der Waals surface area contributed by atoms with Gasteiger partial charge in [-0.05, 0) is 31.5 Å². The first kappa shape index (κ1) is 15.6. The third-order valence-electron chi connectivity index (χ3n) is 3.82. The smallest absolute Gasteiger partial charge is 0.324 e. The molecule has 6 nitrogen and oxygen atoms in total. The van der Waals surface area contributed by atoms with E-state index in [1.54, 1.807) is 6.07 Å². The average Bonchev–Trinajstić information content (AvgIpc) is 3.16. The predicted octanol–water partition coefficient (Wildman–Crippen LogP) is 3.88. The number of aromatic nitrogens is 2. The zero-order chi connectivity index (χ0) is 16.4. The van der Waals surface area contributed by atoms with Crippen LogP contribution >= 0.6 is 11.3 Å². The van der Waals surface area contributed by atoms with Crippen LogP contribution in [0.5, 0.6) is 0 Å². The van der Waals surface area contributed by atoms with E-state index in [1.165, 1.54) is 0 Å². The van der Waals surface area contributed by atoms with E-state index in [2.05, 4.69) is 29.8 Å². The monoisotopic (exact) mass is 330 g/mol. The lowest BCUT2D eigenvalue weighted by atomic mass is 10.2. The van der Waals surface area contributed by atoms with Crippen LogP contribution < -0.4 is 5.32 Å². The molecular formula is C16H18N4O2S. The minimum absolute atomic E-state index is 0.0568. The number of rotatable bonds is 6. The zero-order valence-electron chi connectivity index (χ0n) is 13.0.